The van der Waals surface area contributed by atoms with Crippen LogP contribution >= 0.6 is 11.6 Å². The minimum absolute atomic E-state index is 0.329. The Labute approximate surface area is 129 Å². The molecule has 0 amide bonds. The van der Waals surface area contributed by atoms with Gasteiger partial charge in [0.2, 0.25) is 5.89 Å². The summed E-state index contributed by atoms with van der Waals surface area (Å²) in [5.41, 5.74) is 7.00. The Balaban J connectivity index is 1.72. The van der Waals surface area contributed by atoms with Crippen LogP contribution in [0.2, 0.25) is 5.02 Å². The average molecular weight is 306 g/mol. The van der Waals surface area contributed by atoms with Gasteiger partial charge in [-0.05, 0) is 43.0 Å². The molecule has 1 aromatic heterocycles. The van der Waals surface area contributed by atoms with Crippen LogP contribution in [0, 0.1) is 5.92 Å². The predicted molar refractivity (Wildman–Crippen MR) is 82.3 cm³/mol. The molecule has 0 saturated heterocycles. The average Bonchev–Trinajstić information content (AvgIpc) is 2.98. The van der Waals surface area contributed by atoms with Gasteiger partial charge in [0.15, 0.2) is 5.82 Å². The Hall–Kier alpha value is -1.39. The first-order valence-corrected chi connectivity index (χ1v) is 7.91. The van der Waals surface area contributed by atoms with Crippen LogP contribution in [-0.4, -0.2) is 16.7 Å². The molecular formula is C16H20ClN3O. The largest absolute Gasteiger partial charge is 0.339 e. The maximum absolute atomic E-state index is 5.89. The SMILES string of the molecule is NCC1CCCCC1c1nc(Cc2ccc(Cl)cc2)no1. The topological polar surface area (TPSA) is 64.9 Å². The second-order valence-corrected chi connectivity index (χ2v) is 6.18. The zero-order valence-electron chi connectivity index (χ0n) is 12.0. The van der Waals surface area contributed by atoms with Crippen molar-refractivity contribution in [3.05, 3.63) is 46.6 Å². The summed E-state index contributed by atoms with van der Waals surface area (Å²) in [5, 5.41) is 4.85. The van der Waals surface area contributed by atoms with Gasteiger partial charge in [0, 0.05) is 17.4 Å². The first-order chi connectivity index (χ1) is 10.3. The van der Waals surface area contributed by atoms with Crippen LogP contribution in [0.4, 0.5) is 0 Å². The van der Waals surface area contributed by atoms with Gasteiger partial charge < -0.3 is 10.3 Å². The fraction of sp³-hybridized carbons (Fsp3) is 0.500. The van der Waals surface area contributed by atoms with E-state index < -0.39 is 0 Å². The molecule has 1 aromatic carbocycles. The molecule has 2 N–H and O–H groups in total. The second kappa shape index (κ2) is 6.58. The zero-order chi connectivity index (χ0) is 14.7. The second-order valence-electron chi connectivity index (χ2n) is 5.74. The van der Waals surface area contributed by atoms with Gasteiger partial charge in [0.05, 0.1) is 0 Å². The number of benzene rings is 1. The first kappa shape index (κ1) is 14.5. The van der Waals surface area contributed by atoms with Gasteiger partial charge >= 0.3 is 0 Å². The summed E-state index contributed by atoms with van der Waals surface area (Å²) in [6.07, 6.45) is 5.40. The molecule has 1 saturated carbocycles. The summed E-state index contributed by atoms with van der Waals surface area (Å²) in [6, 6.07) is 7.73. The molecule has 21 heavy (non-hydrogen) atoms. The van der Waals surface area contributed by atoms with E-state index >= 15 is 0 Å². The normalized spacial score (nSPS) is 22.4. The summed E-state index contributed by atoms with van der Waals surface area (Å²) in [4.78, 5) is 4.58. The van der Waals surface area contributed by atoms with Crippen molar-refractivity contribution in [2.75, 3.05) is 6.54 Å². The number of hydrogen-bond acceptors (Lipinski definition) is 4. The van der Waals surface area contributed by atoms with E-state index in [1.54, 1.807) is 0 Å². The van der Waals surface area contributed by atoms with Crippen LogP contribution in [0.1, 0.15) is 48.9 Å². The van der Waals surface area contributed by atoms with E-state index in [4.69, 9.17) is 21.9 Å². The van der Waals surface area contributed by atoms with Gasteiger partial charge in [0.1, 0.15) is 0 Å². The van der Waals surface area contributed by atoms with Gasteiger partial charge in [0.25, 0.3) is 0 Å². The number of halogens is 1. The van der Waals surface area contributed by atoms with E-state index in [0.717, 1.165) is 35.1 Å². The Bertz CT molecular complexity index is 581. The van der Waals surface area contributed by atoms with Crippen LogP contribution < -0.4 is 5.73 Å². The number of nitrogens with two attached hydrogens (primary N) is 1. The van der Waals surface area contributed by atoms with Crippen molar-refractivity contribution in [3.8, 4) is 0 Å². The van der Waals surface area contributed by atoms with Gasteiger partial charge in [-0.15, -0.1) is 0 Å². The summed E-state index contributed by atoms with van der Waals surface area (Å²) >= 11 is 5.89. The third-order valence-electron chi connectivity index (χ3n) is 4.29. The van der Waals surface area contributed by atoms with Crippen molar-refractivity contribution in [2.24, 2.45) is 11.7 Å². The van der Waals surface area contributed by atoms with Crippen LogP contribution in [0.5, 0.6) is 0 Å². The molecule has 1 heterocycles. The third-order valence-corrected chi connectivity index (χ3v) is 4.54. The number of aromatic nitrogens is 2. The quantitative estimate of drug-likeness (QED) is 0.938. The van der Waals surface area contributed by atoms with Gasteiger partial charge in [-0.2, -0.15) is 4.98 Å². The highest BCUT2D eigenvalue weighted by Gasteiger charge is 2.29. The maximum atomic E-state index is 5.89. The van der Waals surface area contributed by atoms with Crippen molar-refractivity contribution in [3.63, 3.8) is 0 Å². The van der Waals surface area contributed by atoms with Gasteiger partial charge in [-0.25, -0.2) is 0 Å². The summed E-state index contributed by atoms with van der Waals surface area (Å²) in [6.45, 7) is 0.694. The van der Waals surface area contributed by atoms with Gasteiger partial charge in [-0.1, -0.05) is 41.7 Å². The highest BCUT2D eigenvalue weighted by molar-refractivity contribution is 6.30. The molecular weight excluding hydrogens is 286 g/mol. The highest BCUT2D eigenvalue weighted by Crippen LogP contribution is 2.36. The standard InChI is InChI=1S/C16H20ClN3O/c17-13-7-5-11(6-8-13)9-15-19-16(21-20-15)14-4-2-1-3-12(14)10-18/h5-8,12,14H,1-4,9-10,18H2. The fourth-order valence-corrected chi connectivity index (χ4v) is 3.22. The Morgan fingerprint density at radius 2 is 1.95 bits per heavy atom. The molecule has 2 aromatic rings. The molecule has 5 heteroatoms. The summed E-state index contributed by atoms with van der Waals surface area (Å²) in [7, 11) is 0. The highest BCUT2D eigenvalue weighted by atomic mass is 35.5. The lowest BCUT2D eigenvalue weighted by Crippen LogP contribution is -2.25. The van der Waals surface area contributed by atoms with Crippen LogP contribution in [0.25, 0.3) is 0 Å². The van der Waals surface area contributed by atoms with Crippen LogP contribution in [-0.2, 0) is 6.42 Å². The number of nitrogens with zero attached hydrogens (tertiary/aromatic N) is 2. The Morgan fingerprint density at radius 3 is 2.71 bits per heavy atom. The van der Waals surface area contributed by atoms with Crippen molar-refractivity contribution in [1.82, 2.24) is 10.1 Å². The van der Waals surface area contributed by atoms with Crippen LogP contribution in [0.3, 0.4) is 0 Å². The molecule has 2 atom stereocenters. The molecule has 0 bridgehead atoms. The summed E-state index contributed by atoms with van der Waals surface area (Å²) in [5.74, 6) is 2.29. The third kappa shape index (κ3) is 3.44. The zero-order valence-corrected chi connectivity index (χ0v) is 12.7. The molecule has 3 rings (SSSR count). The van der Waals surface area contributed by atoms with Crippen molar-refractivity contribution >= 4 is 11.6 Å². The van der Waals surface area contributed by atoms with Gasteiger partial charge in [-0.3, -0.25) is 0 Å². The van der Waals surface area contributed by atoms with E-state index in [1.165, 1.54) is 12.8 Å². The minimum Gasteiger partial charge on any atom is -0.339 e. The smallest absolute Gasteiger partial charge is 0.230 e. The molecule has 0 aliphatic heterocycles. The molecule has 0 radical (unpaired) electrons. The molecule has 4 nitrogen and oxygen atoms in total. The summed E-state index contributed by atoms with van der Waals surface area (Å²) < 4.78 is 5.49. The maximum Gasteiger partial charge on any atom is 0.230 e. The lowest BCUT2D eigenvalue weighted by Gasteiger charge is -2.27. The Kier molecular flexibility index (Phi) is 4.56. The van der Waals surface area contributed by atoms with E-state index in [2.05, 4.69) is 10.1 Å². The van der Waals surface area contributed by atoms with Crippen molar-refractivity contribution < 1.29 is 4.52 Å². The van der Waals surface area contributed by atoms with E-state index in [9.17, 15) is 0 Å². The van der Waals surface area contributed by atoms with E-state index in [1.807, 2.05) is 24.3 Å². The molecule has 1 aliphatic carbocycles. The molecule has 0 spiro atoms. The molecule has 1 fully saturated rings. The van der Waals surface area contributed by atoms with E-state index in [0.29, 0.717) is 24.8 Å². The fourth-order valence-electron chi connectivity index (χ4n) is 3.09. The van der Waals surface area contributed by atoms with Crippen molar-refractivity contribution in [1.29, 1.82) is 0 Å². The lowest BCUT2D eigenvalue weighted by atomic mass is 9.79. The lowest BCUT2D eigenvalue weighted by molar-refractivity contribution is 0.249. The minimum atomic E-state index is 0.329. The first-order valence-electron chi connectivity index (χ1n) is 7.53. The predicted octanol–water partition coefficient (Wildman–Crippen LogP) is 3.55. The van der Waals surface area contributed by atoms with Crippen molar-refractivity contribution in [2.45, 2.75) is 38.0 Å². The Morgan fingerprint density at radius 1 is 1.19 bits per heavy atom. The monoisotopic (exact) mass is 305 g/mol. The molecule has 2 unspecified atom stereocenters. The van der Waals surface area contributed by atoms with E-state index in [-0.39, 0.29) is 0 Å². The molecule has 112 valence electrons. The molecule has 1 aliphatic rings. The number of rotatable bonds is 4. The van der Waals surface area contributed by atoms with Crippen LogP contribution in [0.15, 0.2) is 28.8 Å². The number of hydrogen-bond donors (Lipinski definition) is 1.